The van der Waals surface area contributed by atoms with E-state index >= 15 is 0 Å². The van der Waals surface area contributed by atoms with E-state index in [0.717, 1.165) is 30.0 Å². The summed E-state index contributed by atoms with van der Waals surface area (Å²) in [4.78, 5) is 16.3. The Kier molecular flexibility index (Phi) is 6.12. The first-order chi connectivity index (χ1) is 14.5. The summed E-state index contributed by atoms with van der Waals surface area (Å²) >= 11 is 0. The van der Waals surface area contributed by atoms with Crippen LogP contribution in [0.25, 0.3) is 0 Å². The van der Waals surface area contributed by atoms with E-state index in [1.165, 1.54) is 23.9 Å². The average molecular weight is 449 g/mol. The van der Waals surface area contributed by atoms with E-state index in [9.17, 15) is 22.0 Å². The number of benzene rings is 2. The summed E-state index contributed by atoms with van der Waals surface area (Å²) in [5.41, 5.74) is 1.37. The molecule has 0 aliphatic heterocycles. The minimum Gasteiger partial charge on any atom is -0.490 e. The van der Waals surface area contributed by atoms with Gasteiger partial charge in [0.15, 0.2) is 9.84 Å². The number of halogens is 2. The van der Waals surface area contributed by atoms with Crippen molar-refractivity contribution in [2.45, 2.75) is 25.3 Å². The summed E-state index contributed by atoms with van der Waals surface area (Å²) in [7, 11) is -2.18. The third-order valence-corrected chi connectivity index (χ3v) is 5.87. The van der Waals surface area contributed by atoms with Crippen LogP contribution in [0.3, 0.4) is 0 Å². The van der Waals surface area contributed by atoms with Crippen molar-refractivity contribution in [1.29, 1.82) is 0 Å². The Morgan fingerprint density at radius 3 is 2.29 bits per heavy atom. The second kappa shape index (κ2) is 8.46. The molecular formula is C21H21F2N3O4S. The molecule has 0 spiro atoms. The highest BCUT2D eigenvalue weighted by molar-refractivity contribution is 7.90. The van der Waals surface area contributed by atoms with Crippen LogP contribution in [0.5, 0.6) is 5.75 Å². The molecule has 2 aromatic carbocycles. The van der Waals surface area contributed by atoms with Crippen LogP contribution >= 0.6 is 0 Å². The number of rotatable bonds is 6. The van der Waals surface area contributed by atoms with Crippen LogP contribution in [0.15, 0.2) is 46.2 Å². The molecule has 1 N–H and O–H groups in total. The fourth-order valence-electron chi connectivity index (χ4n) is 3.22. The van der Waals surface area contributed by atoms with Gasteiger partial charge < -0.3 is 14.6 Å². The maximum absolute atomic E-state index is 13.6. The highest BCUT2D eigenvalue weighted by atomic mass is 32.2. The zero-order valence-electron chi connectivity index (χ0n) is 17.4. The van der Waals surface area contributed by atoms with Crippen molar-refractivity contribution < 1.29 is 21.9 Å². The molecule has 7 nitrogen and oxygen atoms in total. The number of hydrogen-bond donors (Lipinski definition) is 1. The van der Waals surface area contributed by atoms with Crippen LogP contribution in [-0.2, 0) is 16.4 Å². The quantitative estimate of drug-likeness (QED) is 0.621. The highest BCUT2D eigenvalue weighted by Crippen LogP contribution is 2.27. The molecule has 0 saturated heterocycles. The van der Waals surface area contributed by atoms with Crippen LogP contribution in [-0.4, -0.2) is 31.3 Å². The normalized spacial score (nSPS) is 11.4. The van der Waals surface area contributed by atoms with Crippen molar-refractivity contribution in [3.05, 3.63) is 75.2 Å². The highest BCUT2D eigenvalue weighted by Gasteiger charge is 2.16. The molecular weight excluding hydrogens is 428 g/mol. The van der Waals surface area contributed by atoms with Gasteiger partial charge in [0.05, 0.1) is 24.7 Å². The van der Waals surface area contributed by atoms with Crippen LogP contribution < -0.4 is 15.6 Å². The van der Waals surface area contributed by atoms with Gasteiger partial charge in [-0.1, -0.05) is 6.07 Å². The lowest BCUT2D eigenvalue weighted by Gasteiger charge is -2.17. The number of aromatic nitrogens is 2. The van der Waals surface area contributed by atoms with Gasteiger partial charge >= 0.3 is 5.56 Å². The molecule has 0 amide bonds. The number of methoxy groups -OCH3 is 1. The lowest BCUT2D eigenvalue weighted by Crippen LogP contribution is -2.19. The zero-order valence-corrected chi connectivity index (χ0v) is 18.2. The van der Waals surface area contributed by atoms with Crippen molar-refractivity contribution in [2.24, 2.45) is 0 Å². The summed E-state index contributed by atoms with van der Waals surface area (Å²) in [5, 5.41) is 2.97. The number of hydrogen-bond acceptors (Lipinski definition) is 6. The van der Waals surface area contributed by atoms with Gasteiger partial charge in [-0.15, -0.1) is 0 Å². The largest absolute Gasteiger partial charge is 0.490 e. The minimum atomic E-state index is -3.48. The standard InChI is InChI=1S/C21H21F2N3O4S/c1-12-5-13(2)19(31(4,28)29)9-17(12)24-21-25-20(27)18(30-3)11-26(21)10-14-6-15(22)8-16(23)7-14/h5-9,11H,10H2,1-4H3,(H,24,25,27). The van der Waals surface area contributed by atoms with Crippen LogP contribution in [0.1, 0.15) is 16.7 Å². The summed E-state index contributed by atoms with van der Waals surface area (Å²) in [6.45, 7) is 3.44. The predicted molar refractivity (Wildman–Crippen MR) is 113 cm³/mol. The molecule has 0 saturated carbocycles. The second-order valence-corrected chi connectivity index (χ2v) is 9.16. The van der Waals surface area contributed by atoms with Crippen molar-refractivity contribution in [2.75, 3.05) is 18.7 Å². The Labute approximate surface area is 178 Å². The summed E-state index contributed by atoms with van der Waals surface area (Å²) in [5.74, 6) is -1.47. The van der Waals surface area contributed by atoms with Crippen molar-refractivity contribution in [1.82, 2.24) is 9.55 Å². The second-order valence-electron chi connectivity index (χ2n) is 7.17. The van der Waals surface area contributed by atoms with Crippen molar-refractivity contribution >= 4 is 21.5 Å². The fraction of sp³-hybridized carbons (Fsp3) is 0.238. The Morgan fingerprint density at radius 2 is 1.71 bits per heavy atom. The van der Waals surface area contributed by atoms with Gasteiger partial charge in [0.1, 0.15) is 11.6 Å². The van der Waals surface area contributed by atoms with Gasteiger partial charge in [0.25, 0.3) is 0 Å². The topological polar surface area (TPSA) is 90.3 Å². The molecule has 0 fully saturated rings. The molecule has 0 radical (unpaired) electrons. The monoisotopic (exact) mass is 449 g/mol. The average Bonchev–Trinajstić information content (AvgIpc) is 2.64. The van der Waals surface area contributed by atoms with Gasteiger partial charge in [0.2, 0.25) is 11.7 Å². The van der Waals surface area contributed by atoms with Gasteiger partial charge in [0, 0.05) is 18.0 Å². The van der Waals surface area contributed by atoms with E-state index in [2.05, 4.69) is 10.3 Å². The first-order valence-electron chi connectivity index (χ1n) is 9.16. The number of ether oxygens (including phenoxy) is 1. The Bertz CT molecular complexity index is 1300. The molecule has 0 bridgehead atoms. The number of nitrogens with zero attached hydrogens (tertiary/aromatic N) is 2. The van der Waals surface area contributed by atoms with E-state index in [4.69, 9.17) is 4.74 Å². The summed E-state index contributed by atoms with van der Waals surface area (Å²) in [6.07, 6.45) is 2.47. The van der Waals surface area contributed by atoms with Crippen LogP contribution in [0.4, 0.5) is 20.4 Å². The summed E-state index contributed by atoms with van der Waals surface area (Å²) < 4.78 is 57.9. The van der Waals surface area contributed by atoms with E-state index in [1.54, 1.807) is 19.9 Å². The lowest BCUT2D eigenvalue weighted by molar-refractivity contribution is 0.402. The maximum Gasteiger partial charge on any atom is 0.316 e. The minimum absolute atomic E-state index is 0.0233. The van der Waals surface area contributed by atoms with Gasteiger partial charge in [-0.05, 0) is 48.7 Å². The molecule has 1 aromatic heterocycles. The molecule has 1 heterocycles. The summed E-state index contributed by atoms with van der Waals surface area (Å²) in [6, 6.07) is 6.25. The van der Waals surface area contributed by atoms with Gasteiger partial charge in [-0.2, -0.15) is 4.98 Å². The molecule has 10 heteroatoms. The zero-order chi connectivity index (χ0) is 22.9. The van der Waals surface area contributed by atoms with Crippen molar-refractivity contribution in [3.8, 4) is 5.75 Å². The number of sulfone groups is 1. The first kappa shape index (κ1) is 22.4. The maximum atomic E-state index is 13.6. The smallest absolute Gasteiger partial charge is 0.316 e. The van der Waals surface area contributed by atoms with Gasteiger partial charge in [-0.25, -0.2) is 17.2 Å². The Hall–Kier alpha value is -3.27. The van der Waals surface area contributed by atoms with Crippen LogP contribution in [0.2, 0.25) is 0 Å². The fourth-order valence-corrected chi connectivity index (χ4v) is 4.20. The van der Waals surface area contributed by atoms with Crippen molar-refractivity contribution in [3.63, 3.8) is 0 Å². The number of anilines is 2. The molecule has 164 valence electrons. The third-order valence-electron chi connectivity index (χ3n) is 4.63. The molecule has 3 rings (SSSR count). The predicted octanol–water partition coefficient (Wildman–Crippen LogP) is 3.34. The number of nitrogens with one attached hydrogen (secondary N) is 1. The molecule has 0 aliphatic rings. The van der Waals surface area contributed by atoms with E-state index in [1.807, 2.05) is 0 Å². The Morgan fingerprint density at radius 1 is 1.06 bits per heavy atom. The molecule has 0 unspecified atom stereocenters. The third kappa shape index (κ3) is 5.08. The molecule has 0 atom stereocenters. The van der Waals surface area contributed by atoms with Gasteiger partial charge in [-0.3, -0.25) is 4.79 Å². The molecule has 31 heavy (non-hydrogen) atoms. The number of aryl methyl sites for hydroxylation is 2. The van der Waals surface area contributed by atoms with E-state index < -0.39 is 27.0 Å². The lowest BCUT2D eigenvalue weighted by atomic mass is 10.1. The Balaban J connectivity index is 2.11. The van der Waals surface area contributed by atoms with E-state index in [0.29, 0.717) is 16.8 Å². The molecule has 3 aromatic rings. The SMILES string of the molecule is COc1cn(Cc2cc(F)cc(F)c2)c(Nc2cc(S(C)(=O)=O)c(C)cc2C)nc1=O. The van der Waals surface area contributed by atoms with Crippen LogP contribution in [0, 0.1) is 25.5 Å². The van der Waals surface area contributed by atoms with E-state index in [-0.39, 0.29) is 23.1 Å². The molecule has 0 aliphatic carbocycles. The first-order valence-corrected chi connectivity index (χ1v) is 11.1.